The summed E-state index contributed by atoms with van der Waals surface area (Å²) in [7, 11) is 5.60. The zero-order valence-electron chi connectivity index (χ0n) is 9.61. The molecule has 0 aromatic heterocycles. The highest BCUT2D eigenvalue weighted by Crippen LogP contribution is 2.17. The number of ether oxygens (including phenoxy) is 1. The Bertz CT molecular complexity index is 508. The van der Waals surface area contributed by atoms with E-state index in [4.69, 9.17) is 24.2 Å². The molecule has 0 heterocycles. The lowest BCUT2D eigenvalue weighted by molar-refractivity contribution is 0.306. The van der Waals surface area contributed by atoms with Crippen molar-refractivity contribution in [2.24, 2.45) is 0 Å². The fraction of sp³-hybridized carbons (Fsp3) is 0.143. The van der Waals surface area contributed by atoms with Crippen molar-refractivity contribution in [3.8, 4) is 5.75 Å². The number of hydrogen-bond acceptors (Lipinski definition) is 1. The van der Waals surface area contributed by atoms with Gasteiger partial charge in [-0.2, -0.15) is 0 Å². The molecule has 0 N–H and O–H groups in total. The minimum absolute atomic E-state index is 0.530. The van der Waals surface area contributed by atoms with Crippen LogP contribution < -0.4 is 10.2 Å². The second-order valence-corrected chi connectivity index (χ2v) is 4.35. The highest BCUT2D eigenvalue weighted by molar-refractivity contribution is 6.32. The van der Waals surface area contributed by atoms with E-state index in [0.717, 1.165) is 27.4 Å². The van der Waals surface area contributed by atoms with Gasteiger partial charge in [0.2, 0.25) is 0 Å². The Morgan fingerprint density at radius 2 is 1.82 bits per heavy atom. The third-order valence-corrected chi connectivity index (χ3v) is 2.93. The van der Waals surface area contributed by atoms with Crippen molar-refractivity contribution < 1.29 is 4.74 Å². The number of aryl methyl sites for hydroxylation is 1. The van der Waals surface area contributed by atoms with Crippen LogP contribution in [0.15, 0.2) is 42.5 Å². The molecule has 84 valence electrons. The smallest absolute Gasteiger partial charge is 0.119 e. The summed E-state index contributed by atoms with van der Waals surface area (Å²) in [6.45, 7) is 2.51. The lowest BCUT2D eigenvalue weighted by Crippen LogP contribution is -2.01. The monoisotopic (exact) mass is 242 g/mol. The van der Waals surface area contributed by atoms with E-state index in [-0.39, 0.29) is 0 Å². The molecule has 0 saturated heterocycles. The molecule has 0 spiro atoms. The molecule has 0 fully saturated rings. The Hall–Kier alpha value is -1.41. The van der Waals surface area contributed by atoms with Gasteiger partial charge in [-0.3, -0.25) is 0 Å². The van der Waals surface area contributed by atoms with Crippen LogP contribution in [-0.4, -0.2) is 7.85 Å². The number of hydrogen-bond donors (Lipinski definition) is 0. The summed E-state index contributed by atoms with van der Waals surface area (Å²) in [4.78, 5) is 0. The zero-order chi connectivity index (χ0) is 12.3. The van der Waals surface area contributed by atoms with Crippen molar-refractivity contribution in [1.29, 1.82) is 0 Å². The molecule has 3 heteroatoms. The van der Waals surface area contributed by atoms with Crippen molar-refractivity contribution in [3.63, 3.8) is 0 Å². The number of halogens is 1. The SMILES string of the molecule is [B]c1ccc(OCc2ccc(Cl)c(C)c2)cc1. The first kappa shape index (κ1) is 12.1. The maximum absolute atomic E-state index is 5.96. The molecule has 17 heavy (non-hydrogen) atoms. The minimum Gasteiger partial charge on any atom is -0.489 e. The largest absolute Gasteiger partial charge is 0.489 e. The first-order chi connectivity index (χ1) is 8.15. The molecular weight excluding hydrogens is 230 g/mol. The Kier molecular flexibility index (Phi) is 3.75. The summed E-state index contributed by atoms with van der Waals surface area (Å²) in [5.74, 6) is 0.812. The summed E-state index contributed by atoms with van der Waals surface area (Å²) in [5.41, 5.74) is 2.90. The minimum atomic E-state index is 0.530. The van der Waals surface area contributed by atoms with E-state index in [9.17, 15) is 0 Å². The molecule has 0 unspecified atom stereocenters. The van der Waals surface area contributed by atoms with Crippen molar-refractivity contribution >= 4 is 24.9 Å². The maximum atomic E-state index is 5.96. The van der Waals surface area contributed by atoms with Gasteiger partial charge in [-0.1, -0.05) is 41.3 Å². The second kappa shape index (κ2) is 5.28. The van der Waals surface area contributed by atoms with Crippen molar-refractivity contribution in [1.82, 2.24) is 0 Å². The predicted octanol–water partition coefficient (Wildman–Crippen LogP) is 3.02. The van der Waals surface area contributed by atoms with Crippen molar-refractivity contribution in [3.05, 3.63) is 58.6 Å². The van der Waals surface area contributed by atoms with E-state index in [1.165, 1.54) is 0 Å². The second-order valence-electron chi connectivity index (χ2n) is 3.94. The fourth-order valence-corrected chi connectivity index (χ4v) is 1.64. The van der Waals surface area contributed by atoms with Gasteiger partial charge < -0.3 is 4.74 Å². The average molecular weight is 243 g/mol. The van der Waals surface area contributed by atoms with Crippen LogP contribution in [0.1, 0.15) is 11.1 Å². The van der Waals surface area contributed by atoms with Crippen LogP contribution >= 0.6 is 11.6 Å². The topological polar surface area (TPSA) is 9.23 Å². The molecular formula is C14H12BClO. The molecule has 0 saturated carbocycles. The summed E-state index contributed by atoms with van der Waals surface area (Å²) < 4.78 is 5.64. The zero-order valence-corrected chi connectivity index (χ0v) is 10.4. The van der Waals surface area contributed by atoms with Gasteiger partial charge in [-0.25, -0.2) is 0 Å². The Morgan fingerprint density at radius 1 is 1.12 bits per heavy atom. The van der Waals surface area contributed by atoms with E-state index >= 15 is 0 Å². The van der Waals surface area contributed by atoms with Gasteiger partial charge >= 0.3 is 0 Å². The summed E-state index contributed by atoms with van der Waals surface area (Å²) >= 11 is 5.96. The molecule has 0 atom stereocenters. The normalized spacial score (nSPS) is 10.2. The van der Waals surface area contributed by atoms with Gasteiger partial charge in [0, 0.05) is 5.02 Å². The predicted molar refractivity (Wildman–Crippen MR) is 72.4 cm³/mol. The fourth-order valence-electron chi connectivity index (χ4n) is 1.53. The van der Waals surface area contributed by atoms with Crippen LogP contribution in [0.3, 0.4) is 0 Å². The van der Waals surface area contributed by atoms with Crippen LogP contribution in [-0.2, 0) is 6.61 Å². The molecule has 2 rings (SSSR count). The van der Waals surface area contributed by atoms with Gasteiger partial charge in [0.25, 0.3) is 0 Å². The van der Waals surface area contributed by atoms with Crippen LogP contribution in [0.2, 0.25) is 5.02 Å². The molecule has 0 aliphatic heterocycles. The van der Waals surface area contributed by atoms with E-state index < -0.39 is 0 Å². The van der Waals surface area contributed by atoms with E-state index in [0.29, 0.717) is 6.61 Å². The third-order valence-electron chi connectivity index (χ3n) is 2.51. The third kappa shape index (κ3) is 3.27. The average Bonchev–Trinajstić information content (AvgIpc) is 2.33. The molecule has 0 amide bonds. The number of rotatable bonds is 3. The van der Waals surface area contributed by atoms with Gasteiger partial charge in [0.1, 0.15) is 20.2 Å². The molecule has 2 aromatic carbocycles. The Morgan fingerprint density at radius 3 is 2.47 bits per heavy atom. The molecule has 1 nitrogen and oxygen atoms in total. The summed E-state index contributed by atoms with van der Waals surface area (Å²) in [6, 6.07) is 13.2. The van der Waals surface area contributed by atoms with Crippen LogP contribution in [0.4, 0.5) is 0 Å². The lowest BCUT2D eigenvalue weighted by Gasteiger charge is -2.08. The molecule has 0 aliphatic carbocycles. The van der Waals surface area contributed by atoms with Gasteiger partial charge in [-0.15, -0.1) is 0 Å². The molecule has 0 bridgehead atoms. The van der Waals surface area contributed by atoms with Crippen molar-refractivity contribution in [2.75, 3.05) is 0 Å². The van der Waals surface area contributed by atoms with Crippen LogP contribution in [0, 0.1) is 6.92 Å². The first-order valence-electron chi connectivity index (χ1n) is 5.38. The summed E-state index contributed by atoms with van der Waals surface area (Å²) in [5, 5.41) is 0.779. The van der Waals surface area contributed by atoms with Crippen molar-refractivity contribution in [2.45, 2.75) is 13.5 Å². The van der Waals surface area contributed by atoms with Gasteiger partial charge in [0.15, 0.2) is 0 Å². The Balaban J connectivity index is 2.02. The van der Waals surface area contributed by atoms with Crippen LogP contribution in [0.5, 0.6) is 5.75 Å². The van der Waals surface area contributed by atoms with Gasteiger partial charge in [-0.05, 0) is 36.2 Å². The Labute approximate surface area is 108 Å². The van der Waals surface area contributed by atoms with Crippen LogP contribution in [0.25, 0.3) is 0 Å². The highest BCUT2D eigenvalue weighted by Gasteiger charge is 1.99. The maximum Gasteiger partial charge on any atom is 0.119 e. The molecule has 0 aliphatic rings. The molecule has 2 aromatic rings. The molecule has 2 radical (unpaired) electrons. The van der Waals surface area contributed by atoms with E-state index in [2.05, 4.69) is 0 Å². The standard InChI is InChI=1S/C14H12BClO/c1-10-8-11(2-7-14(10)16)9-17-13-5-3-12(15)4-6-13/h2-8H,9H2,1H3. The van der Waals surface area contributed by atoms with E-state index in [1.54, 1.807) is 0 Å². The highest BCUT2D eigenvalue weighted by atomic mass is 35.5. The first-order valence-corrected chi connectivity index (χ1v) is 5.76. The quantitative estimate of drug-likeness (QED) is 0.752. The summed E-state index contributed by atoms with van der Waals surface area (Å²) in [6.07, 6.45) is 0. The lowest BCUT2D eigenvalue weighted by atomic mass is 9.97. The number of benzene rings is 2. The van der Waals surface area contributed by atoms with Gasteiger partial charge in [0.05, 0.1) is 0 Å². The van der Waals surface area contributed by atoms with E-state index in [1.807, 2.05) is 49.4 Å².